The van der Waals surface area contributed by atoms with Gasteiger partial charge in [-0.15, -0.1) is 0 Å². The quantitative estimate of drug-likeness (QED) is 0.329. The van der Waals surface area contributed by atoms with Gasteiger partial charge in [0.25, 0.3) is 0 Å². The highest BCUT2D eigenvalue weighted by atomic mass is 16.5. The molecular formula is C16H23NO5. The lowest BCUT2D eigenvalue weighted by atomic mass is 10.3. The Kier molecular flexibility index (Phi) is 11.0. The van der Waals surface area contributed by atoms with Gasteiger partial charge in [0.05, 0.1) is 13.1 Å². The predicted molar refractivity (Wildman–Crippen MR) is 82.9 cm³/mol. The van der Waals surface area contributed by atoms with E-state index in [1.54, 1.807) is 6.08 Å². The summed E-state index contributed by atoms with van der Waals surface area (Å²) in [4.78, 5) is 35.5. The van der Waals surface area contributed by atoms with Crippen molar-refractivity contribution in [2.45, 2.75) is 19.8 Å². The fourth-order valence-electron chi connectivity index (χ4n) is 1.47. The zero-order valence-electron chi connectivity index (χ0n) is 13.0. The van der Waals surface area contributed by atoms with Crippen LogP contribution in [0.1, 0.15) is 19.8 Å². The molecule has 0 aromatic rings. The molecule has 6 nitrogen and oxygen atoms in total. The van der Waals surface area contributed by atoms with E-state index >= 15 is 0 Å². The fourth-order valence-corrected chi connectivity index (χ4v) is 1.47. The number of carbonyl (C=O) groups excluding carboxylic acids is 3. The zero-order chi connectivity index (χ0) is 16.8. The maximum Gasteiger partial charge on any atom is 0.330 e. The Morgan fingerprint density at radius 3 is 1.86 bits per heavy atom. The van der Waals surface area contributed by atoms with E-state index in [2.05, 4.69) is 13.2 Å². The zero-order valence-corrected chi connectivity index (χ0v) is 13.0. The summed E-state index contributed by atoms with van der Waals surface area (Å²) in [7, 11) is 0. The van der Waals surface area contributed by atoms with Crippen molar-refractivity contribution in [3.63, 3.8) is 0 Å². The number of ether oxygens (including phenoxy) is 2. The SMILES string of the molecule is C=CC(=O)OCCN(CCOC(=O)C=C)C(=O)CC=CCC. The van der Waals surface area contributed by atoms with Gasteiger partial charge in [-0.1, -0.05) is 32.2 Å². The molecule has 0 unspecified atom stereocenters. The molecule has 0 aromatic carbocycles. The minimum atomic E-state index is -0.545. The van der Waals surface area contributed by atoms with Gasteiger partial charge in [0.2, 0.25) is 5.91 Å². The summed E-state index contributed by atoms with van der Waals surface area (Å²) in [6.45, 7) is 9.13. The molecule has 0 bridgehead atoms. The number of rotatable bonds is 11. The smallest absolute Gasteiger partial charge is 0.330 e. The van der Waals surface area contributed by atoms with E-state index in [4.69, 9.17) is 9.47 Å². The van der Waals surface area contributed by atoms with E-state index in [-0.39, 0.29) is 38.6 Å². The van der Waals surface area contributed by atoms with Crippen LogP contribution in [0.3, 0.4) is 0 Å². The monoisotopic (exact) mass is 309 g/mol. The third-order valence-electron chi connectivity index (χ3n) is 2.59. The molecule has 0 aromatic heterocycles. The Bertz CT molecular complexity index is 402. The third kappa shape index (κ3) is 9.52. The highest BCUT2D eigenvalue weighted by Gasteiger charge is 2.13. The molecule has 1 amide bonds. The van der Waals surface area contributed by atoms with Crippen molar-refractivity contribution in [2.75, 3.05) is 26.3 Å². The normalized spacial score (nSPS) is 10.0. The van der Waals surface area contributed by atoms with Gasteiger partial charge < -0.3 is 14.4 Å². The number of hydrogen-bond acceptors (Lipinski definition) is 5. The van der Waals surface area contributed by atoms with Gasteiger partial charge in [0, 0.05) is 18.6 Å². The van der Waals surface area contributed by atoms with Crippen LogP contribution in [0.5, 0.6) is 0 Å². The molecule has 0 N–H and O–H groups in total. The van der Waals surface area contributed by atoms with E-state index in [1.807, 2.05) is 13.0 Å². The van der Waals surface area contributed by atoms with Crippen LogP contribution in [-0.2, 0) is 23.9 Å². The van der Waals surface area contributed by atoms with E-state index in [9.17, 15) is 14.4 Å². The first-order valence-corrected chi connectivity index (χ1v) is 7.06. The molecule has 122 valence electrons. The lowest BCUT2D eigenvalue weighted by molar-refractivity contribution is -0.142. The van der Waals surface area contributed by atoms with Crippen molar-refractivity contribution in [3.8, 4) is 0 Å². The molecule has 0 heterocycles. The number of allylic oxidation sites excluding steroid dienone is 1. The van der Waals surface area contributed by atoms with Crippen LogP contribution >= 0.6 is 0 Å². The molecule has 0 saturated heterocycles. The molecule has 0 spiro atoms. The van der Waals surface area contributed by atoms with Crippen molar-refractivity contribution < 1.29 is 23.9 Å². The Morgan fingerprint density at radius 1 is 0.955 bits per heavy atom. The predicted octanol–water partition coefficient (Wildman–Crippen LogP) is 1.63. The summed E-state index contributed by atoms with van der Waals surface area (Å²) in [5.74, 6) is -1.22. The van der Waals surface area contributed by atoms with Gasteiger partial charge in [-0.25, -0.2) is 9.59 Å². The Balaban J connectivity index is 4.40. The van der Waals surface area contributed by atoms with Gasteiger partial charge in [-0.2, -0.15) is 0 Å². The van der Waals surface area contributed by atoms with Gasteiger partial charge in [0.15, 0.2) is 0 Å². The minimum Gasteiger partial charge on any atom is -0.461 e. The second kappa shape index (κ2) is 12.4. The average molecular weight is 309 g/mol. The van der Waals surface area contributed by atoms with Crippen molar-refractivity contribution in [1.29, 1.82) is 0 Å². The van der Waals surface area contributed by atoms with Crippen molar-refractivity contribution in [1.82, 2.24) is 4.90 Å². The summed E-state index contributed by atoms with van der Waals surface area (Å²) in [5.41, 5.74) is 0. The topological polar surface area (TPSA) is 72.9 Å². The summed E-state index contributed by atoms with van der Waals surface area (Å²) < 4.78 is 9.71. The van der Waals surface area contributed by atoms with Crippen molar-refractivity contribution >= 4 is 17.8 Å². The Morgan fingerprint density at radius 2 is 1.45 bits per heavy atom. The molecule has 0 aliphatic heterocycles. The van der Waals surface area contributed by atoms with Gasteiger partial charge >= 0.3 is 11.9 Å². The molecule has 22 heavy (non-hydrogen) atoms. The van der Waals surface area contributed by atoms with E-state index in [0.29, 0.717) is 0 Å². The minimum absolute atomic E-state index is 0.0590. The van der Waals surface area contributed by atoms with Crippen molar-refractivity contribution in [3.05, 3.63) is 37.5 Å². The molecule has 0 aliphatic rings. The lowest BCUT2D eigenvalue weighted by Crippen LogP contribution is -2.37. The number of esters is 2. The average Bonchev–Trinajstić information content (AvgIpc) is 2.52. The Hall–Kier alpha value is -2.37. The first-order valence-electron chi connectivity index (χ1n) is 7.06. The summed E-state index contributed by atoms with van der Waals surface area (Å²) in [6, 6.07) is 0. The molecular weight excluding hydrogens is 286 g/mol. The number of amides is 1. The van der Waals surface area contributed by atoms with Crippen molar-refractivity contribution in [2.24, 2.45) is 0 Å². The maximum absolute atomic E-state index is 12.1. The standard InChI is InChI=1S/C16H23NO5/c1-4-7-8-9-14(18)17(10-12-21-15(19)5-2)11-13-22-16(20)6-3/h5-8H,2-4,9-13H2,1H3. The Labute approximate surface area is 131 Å². The van der Waals surface area contributed by atoms with Crippen LogP contribution in [-0.4, -0.2) is 49.0 Å². The van der Waals surface area contributed by atoms with Crippen LogP contribution in [0.25, 0.3) is 0 Å². The summed E-state index contributed by atoms with van der Waals surface area (Å²) in [6.07, 6.45) is 6.89. The lowest BCUT2D eigenvalue weighted by Gasteiger charge is -2.21. The molecule has 0 atom stereocenters. The first-order chi connectivity index (χ1) is 10.5. The largest absolute Gasteiger partial charge is 0.461 e. The second-order valence-corrected chi connectivity index (χ2v) is 4.21. The fraction of sp³-hybridized carbons (Fsp3) is 0.438. The third-order valence-corrected chi connectivity index (χ3v) is 2.59. The van der Waals surface area contributed by atoms with Gasteiger partial charge in [-0.3, -0.25) is 4.79 Å². The second-order valence-electron chi connectivity index (χ2n) is 4.21. The molecule has 0 saturated carbocycles. The molecule has 0 fully saturated rings. The number of carbonyl (C=O) groups is 3. The van der Waals surface area contributed by atoms with Gasteiger partial charge in [0.1, 0.15) is 13.2 Å². The molecule has 0 rings (SSSR count). The van der Waals surface area contributed by atoms with E-state index in [1.165, 1.54) is 4.90 Å². The molecule has 0 aliphatic carbocycles. The van der Waals surface area contributed by atoms with Crippen LogP contribution in [0.4, 0.5) is 0 Å². The highest BCUT2D eigenvalue weighted by Crippen LogP contribution is 1.98. The highest BCUT2D eigenvalue weighted by molar-refractivity contribution is 5.81. The van der Waals surface area contributed by atoms with Gasteiger partial charge in [-0.05, 0) is 6.42 Å². The van der Waals surface area contributed by atoms with Crippen LogP contribution in [0.2, 0.25) is 0 Å². The summed E-state index contributed by atoms with van der Waals surface area (Å²) in [5, 5.41) is 0. The van der Waals surface area contributed by atoms with Crippen LogP contribution in [0, 0.1) is 0 Å². The summed E-state index contributed by atoms with van der Waals surface area (Å²) >= 11 is 0. The van der Waals surface area contributed by atoms with Crippen LogP contribution < -0.4 is 0 Å². The number of nitrogens with zero attached hydrogens (tertiary/aromatic N) is 1. The molecule has 6 heteroatoms. The van der Waals surface area contributed by atoms with E-state index < -0.39 is 11.9 Å². The van der Waals surface area contributed by atoms with E-state index in [0.717, 1.165) is 18.6 Å². The first kappa shape index (κ1) is 19.6. The van der Waals surface area contributed by atoms with Crippen LogP contribution in [0.15, 0.2) is 37.5 Å². The maximum atomic E-state index is 12.1. The molecule has 0 radical (unpaired) electrons. The number of hydrogen-bond donors (Lipinski definition) is 0.